The number of para-hydroxylation sites is 1. The second kappa shape index (κ2) is 5.66. The van der Waals surface area contributed by atoms with Gasteiger partial charge in [-0.3, -0.25) is 15.0 Å². The molecule has 1 saturated heterocycles. The summed E-state index contributed by atoms with van der Waals surface area (Å²) in [6.07, 6.45) is 0. The van der Waals surface area contributed by atoms with Crippen molar-refractivity contribution in [3.8, 4) is 6.07 Å². The predicted molar refractivity (Wildman–Crippen MR) is 76.5 cm³/mol. The first-order valence-corrected chi connectivity index (χ1v) is 6.71. The van der Waals surface area contributed by atoms with Crippen LogP contribution in [0.4, 0.5) is 15.8 Å². The van der Waals surface area contributed by atoms with Crippen LogP contribution in [0.15, 0.2) is 18.2 Å². The van der Waals surface area contributed by atoms with Crippen LogP contribution >= 0.6 is 0 Å². The van der Waals surface area contributed by atoms with Gasteiger partial charge in [-0.1, -0.05) is 6.07 Å². The van der Waals surface area contributed by atoms with E-state index in [4.69, 9.17) is 5.26 Å². The number of hydrogen-bond acceptors (Lipinski definition) is 5. The van der Waals surface area contributed by atoms with Crippen LogP contribution in [0.3, 0.4) is 0 Å². The van der Waals surface area contributed by atoms with E-state index in [9.17, 15) is 14.5 Å². The molecule has 1 aromatic carbocycles. The van der Waals surface area contributed by atoms with E-state index in [0.717, 1.165) is 6.07 Å². The Hall–Kier alpha value is -2.20. The van der Waals surface area contributed by atoms with Crippen molar-refractivity contribution in [3.63, 3.8) is 0 Å². The first-order valence-electron chi connectivity index (χ1n) is 6.71. The van der Waals surface area contributed by atoms with Gasteiger partial charge < -0.3 is 4.90 Å². The molecule has 6 nitrogen and oxygen atoms in total. The van der Waals surface area contributed by atoms with E-state index in [-0.39, 0.29) is 0 Å². The molecule has 1 aromatic rings. The average Bonchev–Trinajstić information content (AvgIpc) is 2.46. The standard InChI is InChI=1S/C14H17FN4O2/c1-14(2,10-16)18-8-6-17(7-9-18)12-5-3-4-11(15)13(12)19(20)21/h3-5H,6-9H2,1-2H3. The summed E-state index contributed by atoms with van der Waals surface area (Å²) in [7, 11) is 0. The zero-order valence-electron chi connectivity index (χ0n) is 12.0. The van der Waals surface area contributed by atoms with Gasteiger partial charge in [0.2, 0.25) is 5.82 Å². The number of nitro groups is 1. The highest BCUT2D eigenvalue weighted by Gasteiger charge is 2.32. The van der Waals surface area contributed by atoms with E-state index in [1.807, 2.05) is 18.7 Å². The predicted octanol–water partition coefficient (Wildman–Crippen LogP) is 2.16. The van der Waals surface area contributed by atoms with Crippen molar-refractivity contribution in [2.75, 3.05) is 31.1 Å². The SMILES string of the molecule is CC(C)(C#N)N1CCN(c2cccc(F)c2[N+](=O)[O-])CC1. The zero-order chi connectivity index (χ0) is 15.6. The molecule has 0 radical (unpaired) electrons. The van der Waals surface area contributed by atoms with Crippen LogP contribution in [-0.4, -0.2) is 41.5 Å². The van der Waals surface area contributed by atoms with Gasteiger partial charge in [-0.05, 0) is 26.0 Å². The fourth-order valence-electron chi connectivity index (χ4n) is 2.52. The third-order valence-electron chi connectivity index (χ3n) is 3.83. The topological polar surface area (TPSA) is 73.4 Å². The van der Waals surface area contributed by atoms with E-state index < -0.39 is 22.0 Å². The van der Waals surface area contributed by atoms with Crippen molar-refractivity contribution in [1.82, 2.24) is 4.90 Å². The van der Waals surface area contributed by atoms with E-state index in [1.165, 1.54) is 6.07 Å². The van der Waals surface area contributed by atoms with E-state index in [0.29, 0.717) is 31.9 Å². The highest BCUT2D eigenvalue weighted by Crippen LogP contribution is 2.31. The lowest BCUT2D eigenvalue weighted by molar-refractivity contribution is -0.386. The van der Waals surface area contributed by atoms with Crippen LogP contribution in [0.1, 0.15) is 13.8 Å². The van der Waals surface area contributed by atoms with E-state index in [1.54, 1.807) is 11.0 Å². The second-order valence-electron chi connectivity index (χ2n) is 5.51. The Balaban J connectivity index is 2.19. The largest absolute Gasteiger partial charge is 0.363 e. The minimum absolute atomic E-state index is 0.300. The Labute approximate surface area is 122 Å². The molecule has 2 rings (SSSR count). The smallest absolute Gasteiger partial charge is 0.327 e. The number of nitrogens with zero attached hydrogens (tertiary/aromatic N) is 4. The summed E-state index contributed by atoms with van der Waals surface area (Å²) in [6, 6.07) is 6.37. The molecule has 21 heavy (non-hydrogen) atoms. The molecule has 1 heterocycles. The Bertz CT molecular complexity index is 589. The Kier molecular flexibility index (Phi) is 4.09. The van der Waals surface area contributed by atoms with Gasteiger partial charge in [0.05, 0.1) is 11.0 Å². The van der Waals surface area contributed by atoms with Gasteiger partial charge in [-0.2, -0.15) is 9.65 Å². The van der Waals surface area contributed by atoms with Crippen LogP contribution < -0.4 is 4.90 Å². The Morgan fingerprint density at radius 1 is 1.33 bits per heavy atom. The van der Waals surface area contributed by atoms with Gasteiger partial charge in [-0.25, -0.2) is 0 Å². The number of piperazine rings is 1. The van der Waals surface area contributed by atoms with E-state index >= 15 is 0 Å². The van der Waals surface area contributed by atoms with Crippen LogP contribution in [0.25, 0.3) is 0 Å². The summed E-state index contributed by atoms with van der Waals surface area (Å²) in [5.74, 6) is -0.822. The molecule has 0 atom stereocenters. The summed E-state index contributed by atoms with van der Waals surface area (Å²) < 4.78 is 13.7. The van der Waals surface area contributed by atoms with Crippen LogP contribution in [0.5, 0.6) is 0 Å². The molecule has 7 heteroatoms. The summed E-state index contributed by atoms with van der Waals surface area (Å²) in [5.41, 5.74) is -0.750. The zero-order valence-corrected chi connectivity index (χ0v) is 12.0. The number of nitriles is 1. The monoisotopic (exact) mass is 292 g/mol. The molecule has 0 unspecified atom stereocenters. The molecule has 0 spiro atoms. The molecule has 112 valence electrons. The minimum atomic E-state index is -0.822. The van der Waals surface area contributed by atoms with Crippen molar-refractivity contribution >= 4 is 11.4 Å². The quantitative estimate of drug-likeness (QED) is 0.630. The molecule has 1 fully saturated rings. The van der Waals surface area contributed by atoms with Gasteiger partial charge in [0.25, 0.3) is 0 Å². The molecule has 0 aromatic heterocycles. The van der Waals surface area contributed by atoms with E-state index in [2.05, 4.69) is 6.07 Å². The first-order chi connectivity index (χ1) is 9.86. The highest BCUT2D eigenvalue weighted by molar-refractivity contribution is 5.64. The number of anilines is 1. The maximum absolute atomic E-state index is 13.7. The molecule has 0 saturated carbocycles. The molecule has 0 aliphatic carbocycles. The summed E-state index contributed by atoms with van der Waals surface area (Å²) in [4.78, 5) is 14.2. The lowest BCUT2D eigenvalue weighted by Crippen LogP contribution is -2.54. The molecule has 0 bridgehead atoms. The molecule has 0 amide bonds. The molecular weight excluding hydrogens is 275 g/mol. The van der Waals surface area contributed by atoms with Crippen LogP contribution in [0, 0.1) is 27.3 Å². The van der Waals surface area contributed by atoms with Crippen LogP contribution in [0.2, 0.25) is 0 Å². The minimum Gasteiger partial charge on any atom is -0.363 e. The number of hydrogen-bond donors (Lipinski definition) is 0. The van der Waals surface area contributed by atoms with Crippen LogP contribution in [-0.2, 0) is 0 Å². The van der Waals surface area contributed by atoms with Crippen molar-refractivity contribution < 1.29 is 9.31 Å². The fourth-order valence-corrected chi connectivity index (χ4v) is 2.52. The summed E-state index contributed by atoms with van der Waals surface area (Å²) in [5, 5.41) is 20.2. The van der Waals surface area contributed by atoms with Gasteiger partial charge in [0.1, 0.15) is 11.2 Å². The normalized spacial score (nSPS) is 16.6. The van der Waals surface area contributed by atoms with Crippen molar-refractivity contribution in [2.45, 2.75) is 19.4 Å². The van der Waals surface area contributed by atoms with Gasteiger partial charge in [0.15, 0.2) is 0 Å². The first kappa shape index (κ1) is 15.2. The molecule has 0 N–H and O–H groups in total. The van der Waals surface area contributed by atoms with Crippen molar-refractivity contribution in [2.24, 2.45) is 0 Å². The summed E-state index contributed by atoms with van der Waals surface area (Å²) in [6.45, 7) is 5.94. The van der Waals surface area contributed by atoms with Gasteiger partial charge in [0, 0.05) is 26.2 Å². The third kappa shape index (κ3) is 2.95. The maximum atomic E-state index is 13.7. The number of nitro benzene ring substituents is 1. The van der Waals surface area contributed by atoms with Crippen molar-refractivity contribution in [1.29, 1.82) is 5.26 Å². The van der Waals surface area contributed by atoms with Gasteiger partial charge in [-0.15, -0.1) is 0 Å². The number of rotatable bonds is 3. The Morgan fingerprint density at radius 2 is 1.95 bits per heavy atom. The molecule has 1 aliphatic rings. The Morgan fingerprint density at radius 3 is 2.48 bits per heavy atom. The number of halogens is 1. The van der Waals surface area contributed by atoms with Crippen molar-refractivity contribution in [3.05, 3.63) is 34.1 Å². The third-order valence-corrected chi connectivity index (χ3v) is 3.83. The molecule has 1 aliphatic heterocycles. The second-order valence-corrected chi connectivity index (χ2v) is 5.51. The lowest BCUT2D eigenvalue weighted by Gasteiger charge is -2.41. The summed E-state index contributed by atoms with van der Waals surface area (Å²) >= 11 is 0. The lowest BCUT2D eigenvalue weighted by atomic mass is 10.0. The van der Waals surface area contributed by atoms with Gasteiger partial charge >= 0.3 is 5.69 Å². The highest BCUT2D eigenvalue weighted by atomic mass is 19.1. The number of benzene rings is 1. The maximum Gasteiger partial charge on any atom is 0.327 e. The average molecular weight is 292 g/mol. The fraction of sp³-hybridized carbons (Fsp3) is 0.500. The molecular formula is C14H17FN4O2.